The van der Waals surface area contributed by atoms with E-state index < -0.39 is 5.54 Å². The average molecular weight is 386 g/mol. The molecule has 1 spiro atoms. The van der Waals surface area contributed by atoms with Crippen LogP contribution in [0.15, 0.2) is 65.9 Å². The molecule has 2 aliphatic heterocycles. The summed E-state index contributed by atoms with van der Waals surface area (Å²) in [5, 5.41) is 0. The molecule has 0 saturated carbocycles. The molecule has 0 aliphatic carbocycles. The number of fused-ring (bicyclic) bond motifs is 4. The molecule has 0 saturated heterocycles. The number of methoxy groups -OCH3 is 1. The summed E-state index contributed by atoms with van der Waals surface area (Å²) in [6.45, 7) is 0. The molecule has 29 heavy (non-hydrogen) atoms. The van der Waals surface area contributed by atoms with E-state index in [1.54, 1.807) is 32.6 Å². The molecular weight excluding hydrogens is 368 g/mol. The summed E-state index contributed by atoms with van der Waals surface area (Å²) in [5.74, 6) is 1.74. The van der Waals surface area contributed by atoms with Gasteiger partial charge >= 0.3 is 0 Å². The Morgan fingerprint density at radius 1 is 1.07 bits per heavy atom. The first-order chi connectivity index (χ1) is 14.0. The van der Waals surface area contributed by atoms with Crippen molar-refractivity contribution < 1.29 is 14.3 Å². The number of benzene rings is 2. The van der Waals surface area contributed by atoms with E-state index in [2.05, 4.69) is 9.98 Å². The SMILES string of the molecule is COc1cccc(-c2ccc3c(c2)C2(N=C(N)N(C)C2=O)c2ccncc2O3)c1. The van der Waals surface area contributed by atoms with Gasteiger partial charge in [0.15, 0.2) is 11.7 Å². The molecular formula is C22H18N4O3. The van der Waals surface area contributed by atoms with Gasteiger partial charge in [-0.1, -0.05) is 18.2 Å². The lowest BCUT2D eigenvalue weighted by Gasteiger charge is -2.33. The second kappa shape index (κ2) is 6.07. The Hall–Kier alpha value is -3.87. The lowest BCUT2D eigenvalue weighted by Crippen LogP contribution is -2.42. The molecule has 3 aromatic rings. The lowest BCUT2D eigenvalue weighted by atomic mass is 9.79. The number of likely N-dealkylation sites (N-methyl/N-ethyl adjacent to an activating group) is 1. The van der Waals surface area contributed by atoms with E-state index in [-0.39, 0.29) is 11.9 Å². The highest BCUT2D eigenvalue weighted by atomic mass is 16.5. The Labute approximate surface area is 167 Å². The number of pyridine rings is 1. The maximum absolute atomic E-state index is 13.4. The zero-order valence-corrected chi connectivity index (χ0v) is 15.9. The zero-order chi connectivity index (χ0) is 20.2. The molecule has 5 rings (SSSR count). The van der Waals surface area contributed by atoms with Crippen LogP contribution in [0.4, 0.5) is 0 Å². The molecule has 0 bridgehead atoms. The molecule has 7 nitrogen and oxygen atoms in total. The highest BCUT2D eigenvalue weighted by molar-refractivity contribution is 6.10. The minimum Gasteiger partial charge on any atom is -0.497 e. The minimum atomic E-state index is -1.29. The quantitative estimate of drug-likeness (QED) is 0.731. The highest BCUT2D eigenvalue weighted by Crippen LogP contribution is 2.52. The first-order valence-corrected chi connectivity index (χ1v) is 9.09. The van der Waals surface area contributed by atoms with Gasteiger partial charge in [0.2, 0.25) is 5.54 Å². The number of nitrogens with zero attached hydrogens (tertiary/aromatic N) is 3. The molecule has 1 atom stereocenters. The molecule has 2 aromatic carbocycles. The van der Waals surface area contributed by atoms with E-state index in [4.69, 9.17) is 15.2 Å². The van der Waals surface area contributed by atoms with Crippen LogP contribution < -0.4 is 15.2 Å². The van der Waals surface area contributed by atoms with E-state index in [0.29, 0.717) is 22.6 Å². The van der Waals surface area contributed by atoms with E-state index in [0.717, 1.165) is 16.9 Å². The largest absolute Gasteiger partial charge is 0.497 e. The Morgan fingerprint density at radius 3 is 2.66 bits per heavy atom. The average Bonchev–Trinajstić information content (AvgIpc) is 2.98. The van der Waals surface area contributed by atoms with Crippen molar-refractivity contribution in [2.24, 2.45) is 10.7 Å². The van der Waals surface area contributed by atoms with Gasteiger partial charge in [-0.3, -0.25) is 14.7 Å². The van der Waals surface area contributed by atoms with Crippen LogP contribution in [0.3, 0.4) is 0 Å². The van der Waals surface area contributed by atoms with Crippen LogP contribution in [-0.2, 0) is 10.3 Å². The predicted molar refractivity (Wildman–Crippen MR) is 108 cm³/mol. The number of carbonyl (C=O) groups excluding carboxylic acids is 1. The fourth-order valence-electron chi connectivity index (χ4n) is 3.90. The van der Waals surface area contributed by atoms with Crippen molar-refractivity contribution in [2.45, 2.75) is 5.54 Å². The summed E-state index contributed by atoms with van der Waals surface area (Å²) >= 11 is 0. The summed E-state index contributed by atoms with van der Waals surface area (Å²) in [6, 6.07) is 15.2. The van der Waals surface area contributed by atoms with E-state index in [1.165, 1.54) is 4.90 Å². The van der Waals surface area contributed by atoms with Gasteiger partial charge in [0.05, 0.1) is 13.3 Å². The first kappa shape index (κ1) is 17.2. The molecule has 0 fully saturated rings. The minimum absolute atomic E-state index is 0.164. The van der Waals surface area contributed by atoms with Crippen LogP contribution in [0.25, 0.3) is 11.1 Å². The zero-order valence-electron chi connectivity index (χ0n) is 15.9. The van der Waals surface area contributed by atoms with Crippen LogP contribution in [0.2, 0.25) is 0 Å². The number of guanidine groups is 1. The summed E-state index contributed by atoms with van der Waals surface area (Å²) < 4.78 is 11.4. The molecule has 1 unspecified atom stereocenters. The van der Waals surface area contributed by atoms with Crippen LogP contribution in [0, 0.1) is 0 Å². The maximum atomic E-state index is 13.4. The summed E-state index contributed by atoms with van der Waals surface area (Å²) in [4.78, 5) is 23.5. The summed E-state index contributed by atoms with van der Waals surface area (Å²) in [5.41, 5.74) is 7.91. The van der Waals surface area contributed by atoms with Crippen LogP contribution in [-0.4, -0.2) is 35.9 Å². The van der Waals surface area contributed by atoms with E-state index >= 15 is 0 Å². The molecule has 2 N–H and O–H groups in total. The normalized spacial score (nSPS) is 19.4. The number of amides is 1. The second-order valence-electron chi connectivity index (χ2n) is 6.96. The molecule has 1 amide bonds. The fraction of sp³-hybridized carbons (Fsp3) is 0.136. The Kier molecular flexibility index (Phi) is 3.61. The van der Waals surface area contributed by atoms with E-state index in [1.807, 2.05) is 42.5 Å². The number of aliphatic imine (C=N–C) groups is 1. The van der Waals surface area contributed by atoms with Crippen molar-refractivity contribution in [3.8, 4) is 28.4 Å². The number of ether oxygens (including phenoxy) is 2. The van der Waals surface area contributed by atoms with Crippen molar-refractivity contribution in [1.29, 1.82) is 0 Å². The Morgan fingerprint density at radius 2 is 1.90 bits per heavy atom. The molecule has 1 aromatic heterocycles. The van der Waals surface area contributed by atoms with Crippen LogP contribution in [0.5, 0.6) is 17.2 Å². The summed E-state index contributed by atoms with van der Waals surface area (Å²) in [7, 11) is 3.25. The van der Waals surface area contributed by atoms with Gasteiger partial charge in [-0.05, 0) is 41.5 Å². The molecule has 144 valence electrons. The second-order valence-corrected chi connectivity index (χ2v) is 6.96. The lowest BCUT2D eigenvalue weighted by molar-refractivity contribution is -0.129. The van der Waals surface area contributed by atoms with Gasteiger partial charge in [0.1, 0.15) is 11.5 Å². The third-order valence-corrected chi connectivity index (χ3v) is 5.41. The molecule has 0 radical (unpaired) electrons. The van der Waals surface area contributed by atoms with Crippen molar-refractivity contribution >= 4 is 11.9 Å². The van der Waals surface area contributed by atoms with E-state index in [9.17, 15) is 4.79 Å². The standard InChI is InChI=1S/C22H18N4O3/c1-26-20(27)22(25-21(26)23)16-8-9-24-12-19(16)29-18-7-6-14(11-17(18)22)13-4-3-5-15(10-13)28-2/h3-12H,1-2H3,(H2,23,25). The number of carbonyl (C=O) groups is 1. The summed E-state index contributed by atoms with van der Waals surface area (Å²) in [6.07, 6.45) is 3.21. The molecule has 2 aliphatic rings. The monoisotopic (exact) mass is 386 g/mol. The number of nitrogens with two attached hydrogens (primary N) is 1. The first-order valence-electron chi connectivity index (χ1n) is 9.09. The van der Waals surface area contributed by atoms with Crippen LogP contribution in [0.1, 0.15) is 11.1 Å². The van der Waals surface area contributed by atoms with Gasteiger partial charge in [-0.15, -0.1) is 0 Å². The number of hydrogen-bond acceptors (Lipinski definition) is 6. The van der Waals surface area contributed by atoms with Gasteiger partial charge in [0, 0.05) is 24.4 Å². The Bertz CT molecular complexity index is 1190. The number of rotatable bonds is 2. The highest BCUT2D eigenvalue weighted by Gasteiger charge is 2.54. The van der Waals surface area contributed by atoms with Crippen molar-refractivity contribution in [3.05, 3.63) is 72.1 Å². The third-order valence-electron chi connectivity index (χ3n) is 5.41. The van der Waals surface area contributed by atoms with Gasteiger partial charge in [-0.25, -0.2) is 4.99 Å². The van der Waals surface area contributed by atoms with Gasteiger partial charge in [0.25, 0.3) is 5.91 Å². The Balaban J connectivity index is 1.77. The smallest absolute Gasteiger partial charge is 0.266 e. The molecule has 7 heteroatoms. The number of aromatic nitrogens is 1. The van der Waals surface area contributed by atoms with Gasteiger partial charge < -0.3 is 15.2 Å². The predicted octanol–water partition coefficient (Wildman–Crippen LogP) is 2.89. The third kappa shape index (κ3) is 2.34. The van der Waals surface area contributed by atoms with Crippen molar-refractivity contribution in [2.75, 3.05) is 14.2 Å². The van der Waals surface area contributed by atoms with Crippen molar-refractivity contribution in [1.82, 2.24) is 9.88 Å². The van der Waals surface area contributed by atoms with Crippen molar-refractivity contribution in [3.63, 3.8) is 0 Å². The topological polar surface area (TPSA) is 90.0 Å². The van der Waals surface area contributed by atoms with Gasteiger partial charge in [-0.2, -0.15) is 0 Å². The fourth-order valence-corrected chi connectivity index (χ4v) is 3.90. The molecule has 3 heterocycles. The number of hydrogen-bond donors (Lipinski definition) is 1. The van der Waals surface area contributed by atoms with Crippen LogP contribution >= 0.6 is 0 Å². The maximum Gasteiger partial charge on any atom is 0.266 e.